The van der Waals surface area contributed by atoms with Gasteiger partial charge >= 0.3 is 12.1 Å². The van der Waals surface area contributed by atoms with E-state index < -0.39 is 23.6 Å². The molecule has 2 aromatic carbocycles. The number of aromatic nitrogens is 2. The number of oxazole rings is 1. The third-order valence-electron chi connectivity index (χ3n) is 6.17. The Bertz CT molecular complexity index is 1370. The summed E-state index contributed by atoms with van der Waals surface area (Å²) in [6.45, 7) is 3.65. The SMILES string of the molecule is Cc1nsc(-c2ccc(-c3ncc(C4(C(=O)O)CC4)o3)cc2)c1NC(=O)OC(C)c1ccccc1. The van der Waals surface area contributed by atoms with E-state index in [1.807, 2.05) is 68.4 Å². The lowest BCUT2D eigenvalue weighted by Gasteiger charge is -2.14. The van der Waals surface area contributed by atoms with Gasteiger partial charge in [-0.25, -0.2) is 9.78 Å². The molecular formula is C26H23N3O5S. The first-order valence-electron chi connectivity index (χ1n) is 11.2. The van der Waals surface area contributed by atoms with E-state index in [0.717, 1.165) is 21.6 Å². The van der Waals surface area contributed by atoms with Crippen molar-refractivity contribution >= 4 is 29.3 Å². The van der Waals surface area contributed by atoms with Crippen LogP contribution in [0.5, 0.6) is 0 Å². The molecule has 1 unspecified atom stereocenters. The molecular weight excluding hydrogens is 466 g/mol. The second kappa shape index (κ2) is 8.99. The maximum Gasteiger partial charge on any atom is 0.412 e. The molecule has 2 heterocycles. The molecule has 4 aromatic rings. The van der Waals surface area contributed by atoms with Gasteiger partial charge in [-0.15, -0.1) is 0 Å². The first-order valence-corrected chi connectivity index (χ1v) is 11.9. The predicted molar refractivity (Wildman–Crippen MR) is 131 cm³/mol. The number of hydrogen-bond donors (Lipinski definition) is 2. The average Bonchev–Trinajstić information content (AvgIpc) is 3.40. The van der Waals surface area contributed by atoms with Crippen LogP contribution in [0.3, 0.4) is 0 Å². The minimum absolute atomic E-state index is 0.372. The fourth-order valence-corrected chi connectivity index (χ4v) is 4.73. The standard InChI is InChI=1S/C26H23N3O5S/c1-15-21(28-25(32)33-16(2)17-6-4-3-5-7-17)22(35-29-15)18-8-10-19(11-9-18)23-27-14-20(34-23)26(12-13-26)24(30)31/h3-11,14,16H,12-13H2,1-2H3,(H,28,32)(H,30,31). The van der Waals surface area contributed by atoms with E-state index in [1.54, 1.807) is 0 Å². The Morgan fingerprint density at radius 1 is 1.11 bits per heavy atom. The number of carbonyl (C=O) groups excluding carboxylic acids is 1. The van der Waals surface area contributed by atoms with Crippen LogP contribution in [0.1, 0.15) is 42.9 Å². The molecule has 2 aromatic heterocycles. The molecule has 178 valence electrons. The molecule has 9 heteroatoms. The molecule has 1 atom stereocenters. The smallest absolute Gasteiger partial charge is 0.412 e. The van der Waals surface area contributed by atoms with Gasteiger partial charge in [0.25, 0.3) is 0 Å². The third kappa shape index (κ3) is 4.42. The zero-order valence-electron chi connectivity index (χ0n) is 19.1. The van der Waals surface area contributed by atoms with Gasteiger partial charge in [0.15, 0.2) is 0 Å². The number of aryl methyl sites for hydroxylation is 1. The van der Waals surface area contributed by atoms with Crippen LogP contribution in [0, 0.1) is 6.92 Å². The summed E-state index contributed by atoms with van der Waals surface area (Å²) in [5.74, 6) is -0.124. The Balaban J connectivity index is 1.31. The maximum absolute atomic E-state index is 12.6. The molecule has 0 saturated heterocycles. The van der Waals surface area contributed by atoms with E-state index in [2.05, 4.69) is 14.7 Å². The summed E-state index contributed by atoms with van der Waals surface area (Å²) in [5, 5.41) is 12.3. The van der Waals surface area contributed by atoms with Crippen LogP contribution in [0.25, 0.3) is 21.9 Å². The number of nitrogens with one attached hydrogen (secondary N) is 1. The Morgan fingerprint density at radius 3 is 2.46 bits per heavy atom. The molecule has 1 fully saturated rings. The number of nitrogens with zero attached hydrogens (tertiary/aromatic N) is 2. The topological polar surface area (TPSA) is 115 Å². The first kappa shape index (κ1) is 22.8. The molecule has 35 heavy (non-hydrogen) atoms. The van der Waals surface area contributed by atoms with E-state index in [-0.39, 0.29) is 0 Å². The van der Waals surface area contributed by atoms with E-state index in [1.165, 1.54) is 17.7 Å². The van der Waals surface area contributed by atoms with E-state index in [4.69, 9.17) is 9.15 Å². The number of anilines is 1. The number of rotatable bonds is 7. The second-order valence-electron chi connectivity index (χ2n) is 8.55. The van der Waals surface area contributed by atoms with Gasteiger partial charge in [-0.05, 0) is 61.5 Å². The van der Waals surface area contributed by atoms with Crippen molar-refractivity contribution in [2.45, 2.75) is 38.2 Å². The van der Waals surface area contributed by atoms with Gasteiger partial charge in [0, 0.05) is 5.56 Å². The lowest BCUT2D eigenvalue weighted by Crippen LogP contribution is -2.18. The van der Waals surface area contributed by atoms with Crippen LogP contribution in [-0.2, 0) is 14.9 Å². The van der Waals surface area contributed by atoms with Crippen LogP contribution in [0.4, 0.5) is 10.5 Å². The highest BCUT2D eigenvalue weighted by Gasteiger charge is 2.55. The number of carboxylic acid groups (broad SMARTS) is 1. The molecule has 1 saturated carbocycles. The van der Waals surface area contributed by atoms with Crippen molar-refractivity contribution < 1.29 is 23.8 Å². The summed E-state index contributed by atoms with van der Waals surface area (Å²) < 4.78 is 15.7. The molecule has 0 aliphatic heterocycles. The van der Waals surface area contributed by atoms with E-state index in [0.29, 0.717) is 35.9 Å². The highest BCUT2D eigenvalue weighted by atomic mass is 32.1. The zero-order chi connectivity index (χ0) is 24.6. The predicted octanol–water partition coefficient (Wildman–Crippen LogP) is 6.20. The molecule has 1 amide bonds. The van der Waals surface area contributed by atoms with Crippen molar-refractivity contribution in [2.75, 3.05) is 5.32 Å². The molecule has 2 N–H and O–H groups in total. The summed E-state index contributed by atoms with van der Waals surface area (Å²) in [6.07, 6.45) is 1.67. The summed E-state index contributed by atoms with van der Waals surface area (Å²) in [6, 6.07) is 17.0. The summed E-state index contributed by atoms with van der Waals surface area (Å²) in [4.78, 5) is 29.2. The lowest BCUT2D eigenvalue weighted by molar-refractivity contribution is -0.140. The third-order valence-corrected chi connectivity index (χ3v) is 7.16. The highest BCUT2D eigenvalue weighted by Crippen LogP contribution is 2.49. The number of carboxylic acids is 1. The number of carbonyl (C=O) groups is 2. The van der Waals surface area contributed by atoms with Crippen molar-refractivity contribution in [1.82, 2.24) is 9.36 Å². The number of benzene rings is 2. The highest BCUT2D eigenvalue weighted by molar-refractivity contribution is 7.10. The number of amides is 1. The molecule has 0 bridgehead atoms. The summed E-state index contributed by atoms with van der Waals surface area (Å²) in [7, 11) is 0. The van der Waals surface area contributed by atoms with Crippen LogP contribution in [0.15, 0.2) is 65.2 Å². The Kier molecular flexibility index (Phi) is 5.86. The normalized spacial score (nSPS) is 14.8. The van der Waals surface area contributed by atoms with E-state index in [9.17, 15) is 14.7 Å². The van der Waals surface area contributed by atoms with Gasteiger partial charge in [-0.3, -0.25) is 10.1 Å². The number of hydrogen-bond acceptors (Lipinski definition) is 7. The van der Waals surface area contributed by atoms with Gasteiger partial charge in [-0.2, -0.15) is 4.37 Å². The average molecular weight is 490 g/mol. The summed E-state index contributed by atoms with van der Waals surface area (Å²) >= 11 is 1.28. The quantitative estimate of drug-likeness (QED) is 0.318. The van der Waals surface area contributed by atoms with Gasteiger partial charge in [0.2, 0.25) is 5.89 Å². The minimum Gasteiger partial charge on any atom is -0.480 e. The van der Waals surface area contributed by atoms with Gasteiger partial charge in [0.05, 0.1) is 22.5 Å². The summed E-state index contributed by atoms with van der Waals surface area (Å²) in [5.41, 5.74) is 2.86. The molecule has 0 radical (unpaired) electrons. The lowest BCUT2D eigenvalue weighted by atomic mass is 10.1. The molecule has 8 nitrogen and oxygen atoms in total. The van der Waals surface area contributed by atoms with Crippen LogP contribution in [-0.4, -0.2) is 26.5 Å². The van der Waals surface area contributed by atoms with Crippen LogP contribution >= 0.6 is 11.5 Å². The monoisotopic (exact) mass is 489 g/mol. The number of aliphatic carboxylic acids is 1. The Labute approximate surface area is 205 Å². The van der Waals surface area contributed by atoms with Gasteiger partial charge in [-0.1, -0.05) is 42.5 Å². The van der Waals surface area contributed by atoms with Crippen molar-refractivity contribution in [3.8, 4) is 21.9 Å². The first-order chi connectivity index (χ1) is 16.9. The number of ether oxygens (including phenoxy) is 1. The molecule has 0 spiro atoms. The van der Waals surface area contributed by atoms with Crippen LogP contribution in [0.2, 0.25) is 0 Å². The fraction of sp³-hybridized carbons (Fsp3) is 0.231. The van der Waals surface area contributed by atoms with Crippen molar-refractivity contribution in [3.05, 3.63) is 77.8 Å². The van der Waals surface area contributed by atoms with E-state index >= 15 is 0 Å². The van der Waals surface area contributed by atoms with Gasteiger partial charge < -0.3 is 14.3 Å². The maximum atomic E-state index is 12.6. The zero-order valence-corrected chi connectivity index (χ0v) is 20.0. The molecule has 5 rings (SSSR count). The van der Waals surface area contributed by atoms with Crippen molar-refractivity contribution in [3.63, 3.8) is 0 Å². The Hall–Kier alpha value is -3.98. The van der Waals surface area contributed by atoms with Crippen molar-refractivity contribution in [2.24, 2.45) is 0 Å². The van der Waals surface area contributed by atoms with Gasteiger partial charge in [0.1, 0.15) is 17.3 Å². The molecule has 1 aliphatic carbocycles. The van der Waals surface area contributed by atoms with Crippen molar-refractivity contribution in [1.29, 1.82) is 0 Å². The second-order valence-corrected chi connectivity index (χ2v) is 9.32. The van der Waals surface area contributed by atoms with Crippen LogP contribution < -0.4 is 5.32 Å². The fourth-order valence-electron chi connectivity index (χ4n) is 3.88. The minimum atomic E-state index is -0.932. The molecule has 1 aliphatic rings. The Morgan fingerprint density at radius 2 is 1.80 bits per heavy atom. The largest absolute Gasteiger partial charge is 0.480 e.